The van der Waals surface area contributed by atoms with Gasteiger partial charge in [-0.2, -0.15) is 0 Å². The van der Waals surface area contributed by atoms with Gasteiger partial charge in [-0.3, -0.25) is 4.99 Å². The summed E-state index contributed by atoms with van der Waals surface area (Å²) in [6.07, 6.45) is 4.23. The van der Waals surface area contributed by atoms with Crippen molar-refractivity contribution in [2.45, 2.75) is 38.1 Å². The van der Waals surface area contributed by atoms with Crippen molar-refractivity contribution in [3.05, 3.63) is 228 Å². The maximum atomic E-state index is 5.49. The van der Waals surface area contributed by atoms with E-state index in [-0.39, 0.29) is 11.5 Å². The summed E-state index contributed by atoms with van der Waals surface area (Å²) >= 11 is 0. The zero-order chi connectivity index (χ0) is 39.5. The molecular weight excluding hydrogens is 713 g/mol. The smallest absolute Gasteiger partial charge is 0.0759 e. The fourth-order valence-corrected chi connectivity index (χ4v) is 9.82. The third-order valence-corrected chi connectivity index (χ3v) is 12.8. The Balaban J connectivity index is 0.973. The first kappa shape index (κ1) is 35.2. The van der Waals surface area contributed by atoms with Crippen LogP contribution in [-0.4, -0.2) is 10.3 Å². The Kier molecular flexibility index (Phi) is 8.41. The van der Waals surface area contributed by atoms with Crippen molar-refractivity contribution in [2.24, 2.45) is 4.99 Å². The summed E-state index contributed by atoms with van der Waals surface area (Å²) in [6, 6.07) is 71.2. The summed E-state index contributed by atoms with van der Waals surface area (Å²) in [7, 11) is 0. The first-order chi connectivity index (χ1) is 29.0. The number of hydrogen-bond acceptors (Lipinski definition) is 1. The lowest BCUT2D eigenvalue weighted by atomic mass is 9.81. The molecule has 8 aromatic carbocycles. The van der Waals surface area contributed by atoms with Crippen molar-refractivity contribution in [3.63, 3.8) is 0 Å². The molecule has 0 fully saturated rings. The number of hydrogen-bond donors (Lipinski definition) is 0. The van der Waals surface area contributed by atoms with Gasteiger partial charge in [-0.1, -0.05) is 166 Å². The van der Waals surface area contributed by atoms with E-state index in [9.17, 15) is 0 Å². The van der Waals surface area contributed by atoms with Crippen molar-refractivity contribution in [3.8, 4) is 39.1 Å². The molecule has 0 amide bonds. The highest BCUT2D eigenvalue weighted by Crippen LogP contribution is 2.53. The van der Waals surface area contributed by atoms with Crippen molar-refractivity contribution < 1.29 is 0 Å². The van der Waals surface area contributed by atoms with Crippen LogP contribution < -0.4 is 0 Å². The van der Waals surface area contributed by atoms with Crippen LogP contribution in [0.1, 0.15) is 60.5 Å². The molecule has 1 atom stereocenters. The molecule has 2 nitrogen and oxygen atoms in total. The Labute approximate surface area is 346 Å². The molecule has 282 valence electrons. The summed E-state index contributed by atoms with van der Waals surface area (Å²) in [6.45, 7) is 4.78. The average molecular weight is 757 g/mol. The Hall–Kier alpha value is -7.03. The highest BCUT2D eigenvalue weighted by Gasteiger charge is 2.37. The lowest BCUT2D eigenvalue weighted by Gasteiger charge is -2.22. The van der Waals surface area contributed by atoms with Crippen molar-refractivity contribution in [1.82, 2.24) is 4.57 Å². The lowest BCUT2D eigenvalue weighted by molar-refractivity contribution is 0.660. The molecule has 0 saturated heterocycles. The number of nitrogens with zero attached hydrogens (tertiary/aromatic N) is 2. The molecule has 59 heavy (non-hydrogen) atoms. The van der Waals surface area contributed by atoms with Crippen molar-refractivity contribution >= 4 is 33.1 Å². The van der Waals surface area contributed by atoms with E-state index in [1.165, 1.54) is 88.7 Å². The fourth-order valence-electron chi connectivity index (χ4n) is 9.82. The van der Waals surface area contributed by atoms with Gasteiger partial charge in [-0.25, -0.2) is 0 Å². The van der Waals surface area contributed by atoms with Crippen LogP contribution in [0.5, 0.6) is 0 Å². The number of rotatable bonds is 6. The minimum absolute atomic E-state index is 0.0460. The van der Waals surface area contributed by atoms with Crippen LogP contribution in [-0.2, 0) is 5.41 Å². The van der Waals surface area contributed by atoms with Gasteiger partial charge < -0.3 is 4.57 Å². The standard InChI is InChI=1S/C57H44N2/c1-57(2)50-26-15-25-46(43-20-14-21-44(34-43)52-32-29-42(38-16-6-3-7-17-38)37-53(58-52)39-18-8-4-9-19-39)56(50)48-31-28-41(36-51(48)57)40-30-33-55-49(35-40)47-24-12-13-27-54(47)59(55)45-22-10-5-11-23-45/h3-28,30-31,33-37,52H,29,32H2,1-2H3. The predicted molar refractivity (Wildman–Crippen MR) is 249 cm³/mol. The van der Waals surface area contributed by atoms with Gasteiger partial charge in [0.05, 0.1) is 22.8 Å². The monoisotopic (exact) mass is 756 g/mol. The third kappa shape index (κ3) is 5.98. The zero-order valence-electron chi connectivity index (χ0n) is 33.4. The number of aliphatic imine (C=N–C) groups is 1. The molecule has 1 unspecified atom stereocenters. The molecule has 0 N–H and O–H groups in total. The molecule has 11 rings (SSSR count). The molecule has 0 bridgehead atoms. The SMILES string of the molecule is CC1(C)c2cc(-c3ccc4c(c3)c3ccccc3n4-c3ccccc3)ccc2-c2c(-c3cccc(C4CCC(c5ccccc5)=CC(c5ccccc5)=N4)c3)cccc21. The van der Waals surface area contributed by atoms with Crippen LogP contribution in [0.2, 0.25) is 0 Å². The van der Waals surface area contributed by atoms with E-state index in [0.717, 1.165) is 24.1 Å². The molecule has 2 heteroatoms. The highest BCUT2D eigenvalue weighted by molar-refractivity contribution is 6.13. The molecule has 9 aromatic rings. The van der Waals surface area contributed by atoms with Crippen LogP contribution in [0.4, 0.5) is 0 Å². The topological polar surface area (TPSA) is 17.3 Å². The Morgan fingerprint density at radius 1 is 0.492 bits per heavy atom. The zero-order valence-corrected chi connectivity index (χ0v) is 33.4. The summed E-state index contributed by atoms with van der Waals surface area (Å²) in [5.41, 5.74) is 20.0. The van der Waals surface area contributed by atoms with E-state index in [4.69, 9.17) is 4.99 Å². The van der Waals surface area contributed by atoms with E-state index in [1.807, 2.05) is 0 Å². The second kappa shape index (κ2) is 14.1. The van der Waals surface area contributed by atoms with Gasteiger partial charge >= 0.3 is 0 Å². The highest BCUT2D eigenvalue weighted by atomic mass is 15.0. The summed E-state index contributed by atoms with van der Waals surface area (Å²) in [4.78, 5) is 5.49. The molecule has 1 aromatic heterocycles. The quantitative estimate of drug-likeness (QED) is 0.161. The van der Waals surface area contributed by atoms with Gasteiger partial charge in [0.15, 0.2) is 0 Å². The van der Waals surface area contributed by atoms with Gasteiger partial charge in [0, 0.05) is 21.9 Å². The van der Waals surface area contributed by atoms with Crippen LogP contribution in [0, 0.1) is 0 Å². The maximum absolute atomic E-state index is 5.49. The van der Waals surface area contributed by atoms with Crippen LogP contribution in [0.25, 0.3) is 66.4 Å². The number of aromatic nitrogens is 1. The first-order valence-corrected chi connectivity index (χ1v) is 20.9. The summed E-state index contributed by atoms with van der Waals surface area (Å²) in [5.74, 6) is 0. The third-order valence-electron chi connectivity index (χ3n) is 12.8. The molecule has 0 spiro atoms. The molecule has 0 saturated carbocycles. The lowest BCUT2D eigenvalue weighted by Crippen LogP contribution is -2.15. The van der Waals surface area contributed by atoms with Crippen LogP contribution in [0.15, 0.2) is 205 Å². The Bertz CT molecular complexity index is 3110. The molecule has 0 radical (unpaired) electrons. The van der Waals surface area contributed by atoms with Crippen molar-refractivity contribution in [2.75, 3.05) is 0 Å². The van der Waals surface area contributed by atoms with Gasteiger partial charge in [0.25, 0.3) is 0 Å². The number of benzene rings is 8. The van der Waals surface area contributed by atoms with Crippen molar-refractivity contribution in [1.29, 1.82) is 0 Å². The molecule has 2 aliphatic rings. The Morgan fingerprint density at radius 3 is 1.97 bits per heavy atom. The second-order valence-electron chi connectivity index (χ2n) is 16.6. The molecular formula is C57H44N2. The maximum Gasteiger partial charge on any atom is 0.0759 e. The first-order valence-electron chi connectivity index (χ1n) is 20.9. The minimum Gasteiger partial charge on any atom is -0.309 e. The van der Waals surface area contributed by atoms with E-state index in [1.54, 1.807) is 0 Å². The van der Waals surface area contributed by atoms with E-state index in [2.05, 4.69) is 219 Å². The van der Waals surface area contributed by atoms with Gasteiger partial charge in [-0.05, 0) is 128 Å². The molecule has 2 heterocycles. The van der Waals surface area contributed by atoms with Crippen LogP contribution >= 0.6 is 0 Å². The average Bonchev–Trinajstić information content (AvgIpc) is 3.62. The normalized spacial score (nSPS) is 15.7. The molecule has 1 aliphatic heterocycles. The fraction of sp³-hybridized carbons (Fsp3) is 0.105. The van der Waals surface area contributed by atoms with Gasteiger partial charge in [0.1, 0.15) is 0 Å². The van der Waals surface area contributed by atoms with Crippen LogP contribution in [0.3, 0.4) is 0 Å². The van der Waals surface area contributed by atoms with E-state index < -0.39 is 0 Å². The van der Waals surface area contributed by atoms with Gasteiger partial charge in [-0.15, -0.1) is 0 Å². The number of allylic oxidation sites excluding steroid dienone is 2. The second-order valence-corrected chi connectivity index (χ2v) is 16.6. The van der Waals surface area contributed by atoms with Gasteiger partial charge in [0.2, 0.25) is 0 Å². The largest absolute Gasteiger partial charge is 0.309 e. The number of fused-ring (bicyclic) bond motifs is 6. The minimum atomic E-state index is -0.155. The molecule has 1 aliphatic carbocycles. The predicted octanol–water partition coefficient (Wildman–Crippen LogP) is 14.8. The van der Waals surface area contributed by atoms with E-state index >= 15 is 0 Å². The summed E-state index contributed by atoms with van der Waals surface area (Å²) in [5, 5.41) is 2.54. The summed E-state index contributed by atoms with van der Waals surface area (Å²) < 4.78 is 2.39. The van der Waals surface area contributed by atoms with E-state index in [0.29, 0.717) is 0 Å². The number of para-hydroxylation sites is 2. The Morgan fingerprint density at radius 2 is 1.15 bits per heavy atom.